The Balaban J connectivity index is 2.01. The number of carboxylic acid groups (broad SMARTS) is 1. The van der Waals surface area contributed by atoms with E-state index in [1.807, 2.05) is 18.5 Å². The van der Waals surface area contributed by atoms with Gasteiger partial charge in [-0.1, -0.05) is 6.92 Å². The molecular weight excluding hydrogens is 270 g/mol. The SMILES string of the molecule is CCCn1nnnc1CN1CCCC(C(C)(C)C(=O)O)C1. The standard InChI is InChI=1S/C14H25N5O2/c1-4-7-19-12(15-16-17-19)10-18-8-5-6-11(9-18)14(2,3)13(20)21/h11H,4-10H2,1-3H3,(H,20,21). The van der Waals surface area contributed by atoms with Gasteiger partial charge in [0.15, 0.2) is 5.82 Å². The number of nitrogens with zero attached hydrogens (tertiary/aromatic N) is 5. The molecule has 0 amide bonds. The Labute approximate surface area is 125 Å². The number of carboxylic acids is 1. The lowest BCUT2D eigenvalue weighted by atomic mass is 9.74. The summed E-state index contributed by atoms with van der Waals surface area (Å²) in [6, 6.07) is 0. The van der Waals surface area contributed by atoms with Crippen LogP contribution in [0.3, 0.4) is 0 Å². The molecule has 1 atom stereocenters. The molecular formula is C14H25N5O2. The molecule has 0 aromatic carbocycles. The molecule has 0 aliphatic carbocycles. The lowest BCUT2D eigenvalue weighted by molar-refractivity contribution is -0.151. The third-order valence-corrected chi connectivity index (χ3v) is 4.48. The Hall–Kier alpha value is -1.50. The molecule has 118 valence electrons. The van der Waals surface area contributed by atoms with Crippen LogP contribution in [0, 0.1) is 11.3 Å². The van der Waals surface area contributed by atoms with Crippen molar-refractivity contribution in [1.82, 2.24) is 25.1 Å². The molecule has 1 N–H and O–H groups in total. The molecule has 1 unspecified atom stereocenters. The molecule has 2 rings (SSSR count). The predicted octanol–water partition coefficient (Wildman–Crippen LogP) is 1.41. The molecule has 0 saturated carbocycles. The van der Waals surface area contributed by atoms with Crippen molar-refractivity contribution < 1.29 is 9.90 Å². The van der Waals surface area contributed by atoms with Gasteiger partial charge in [-0.05, 0) is 56.0 Å². The molecule has 0 spiro atoms. The molecule has 7 heteroatoms. The maximum atomic E-state index is 11.4. The number of rotatable bonds is 6. The Kier molecular flexibility index (Phi) is 4.92. The zero-order valence-electron chi connectivity index (χ0n) is 13.1. The van der Waals surface area contributed by atoms with Crippen LogP contribution < -0.4 is 0 Å². The number of piperidine rings is 1. The second-order valence-corrected chi connectivity index (χ2v) is 6.42. The molecule has 1 fully saturated rings. The van der Waals surface area contributed by atoms with E-state index in [-0.39, 0.29) is 5.92 Å². The molecule has 7 nitrogen and oxygen atoms in total. The van der Waals surface area contributed by atoms with Gasteiger partial charge in [-0.2, -0.15) is 0 Å². The number of hydrogen-bond donors (Lipinski definition) is 1. The summed E-state index contributed by atoms with van der Waals surface area (Å²) in [6.07, 6.45) is 2.99. The Morgan fingerprint density at radius 2 is 2.24 bits per heavy atom. The van der Waals surface area contributed by atoms with Gasteiger partial charge in [0.05, 0.1) is 12.0 Å². The smallest absolute Gasteiger partial charge is 0.309 e. The number of tetrazole rings is 1. The van der Waals surface area contributed by atoms with Gasteiger partial charge in [0.2, 0.25) is 0 Å². The average molecular weight is 295 g/mol. The van der Waals surface area contributed by atoms with Crippen molar-refractivity contribution in [2.75, 3.05) is 13.1 Å². The molecule has 2 heterocycles. The van der Waals surface area contributed by atoms with Gasteiger partial charge < -0.3 is 5.11 Å². The fourth-order valence-electron chi connectivity index (χ4n) is 2.88. The van der Waals surface area contributed by atoms with Crippen molar-refractivity contribution in [3.8, 4) is 0 Å². The minimum atomic E-state index is -0.717. The Morgan fingerprint density at radius 3 is 2.90 bits per heavy atom. The van der Waals surface area contributed by atoms with Gasteiger partial charge in [-0.15, -0.1) is 5.10 Å². The highest BCUT2D eigenvalue weighted by Gasteiger charge is 2.39. The third kappa shape index (κ3) is 3.58. The Morgan fingerprint density at radius 1 is 1.48 bits per heavy atom. The normalized spacial score (nSPS) is 20.6. The second kappa shape index (κ2) is 6.51. The number of likely N-dealkylation sites (tertiary alicyclic amines) is 1. The molecule has 1 aliphatic heterocycles. The number of hydrogen-bond acceptors (Lipinski definition) is 5. The van der Waals surface area contributed by atoms with Gasteiger partial charge in [0.25, 0.3) is 0 Å². The molecule has 1 aromatic rings. The first kappa shape index (κ1) is 15.9. The van der Waals surface area contributed by atoms with Crippen molar-refractivity contribution in [2.45, 2.75) is 53.1 Å². The van der Waals surface area contributed by atoms with E-state index in [0.717, 1.165) is 44.7 Å². The molecule has 1 saturated heterocycles. The molecule has 21 heavy (non-hydrogen) atoms. The number of aryl methyl sites for hydroxylation is 1. The lowest BCUT2D eigenvalue weighted by Crippen LogP contribution is -2.44. The highest BCUT2D eigenvalue weighted by Crippen LogP contribution is 2.34. The summed E-state index contributed by atoms with van der Waals surface area (Å²) in [5, 5.41) is 21.2. The quantitative estimate of drug-likeness (QED) is 0.854. The summed E-state index contributed by atoms with van der Waals surface area (Å²) in [7, 11) is 0. The number of aromatic nitrogens is 4. The number of aliphatic carboxylic acids is 1. The molecule has 0 bridgehead atoms. The van der Waals surface area contributed by atoms with Crippen LogP contribution in [-0.4, -0.2) is 49.3 Å². The fourth-order valence-corrected chi connectivity index (χ4v) is 2.88. The highest BCUT2D eigenvalue weighted by atomic mass is 16.4. The largest absolute Gasteiger partial charge is 0.481 e. The lowest BCUT2D eigenvalue weighted by Gasteiger charge is -2.39. The summed E-state index contributed by atoms with van der Waals surface area (Å²) in [6.45, 7) is 9.02. The van der Waals surface area contributed by atoms with Crippen molar-refractivity contribution in [2.24, 2.45) is 11.3 Å². The van der Waals surface area contributed by atoms with E-state index >= 15 is 0 Å². The maximum absolute atomic E-state index is 11.4. The first-order chi connectivity index (χ1) is 9.95. The van der Waals surface area contributed by atoms with Gasteiger partial charge >= 0.3 is 5.97 Å². The summed E-state index contributed by atoms with van der Waals surface area (Å²) < 4.78 is 1.84. The first-order valence-electron chi connectivity index (χ1n) is 7.66. The minimum absolute atomic E-state index is 0.166. The zero-order chi connectivity index (χ0) is 15.5. The van der Waals surface area contributed by atoms with Crippen LogP contribution in [0.15, 0.2) is 0 Å². The number of carbonyl (C=O) groups is 1. The van der Waals surface area contributed by atoms with Crippen LogP contribution in [0.4, 0.5) is 0 Å². The summed E-state index contributed by atoms with van der Waals surface area (Å²) in [5.74, 6) is 0.315. The summed E-state index contributed by atoms with van der Waals surface area (Å²) in [5.41, 5.74) is -0.686. The van der Waals surface area contributed by atoms with E-state index in [4.69, 9.17) is 0 Å². The molecule has 0 radical (unpaired) electrons. The third-order valence-electron chi connectivity index (χ3n) is 4.48. The average Bonchev–Trinajstić information content (AvgIpc) is 2.87. The van der Waals surface area contributed by atoms with E-state index in [1.165, 1.54) is 0 Å². The van der Waals surface area contributed by atoms with Crippen LogP contribution in [0.25, 0.3) is 0 Å². The van der Waals surface area contributed by atoms with Crippen molar-refractivity contribution >= 4 is 5.97 Å². The van der Waals surface area contributed by atoms with Crippen molar-refractivity contribution in [3.05, 3.63) is 5.82 Å². The van der Waals surface area contributed by atoms with Crippen LogP contribution in [0.5, 0.6) is 0 Å². The fraction of sp³-hybridized carbons (Fsp3) is 0.857. The first-order valence-corrected chi connectivity index (χ1v) is 7.66. The van der Waals surface area contributed by atoms with E-state index in [1.54, 1.807) is 0 Å². The maximum Gasteiger partial charge on any atom is 0.309 e. The van der Waals surface area contributed by atoms with Crippen LogP contribution in [0.2, 0.25) is 0 Å². The second-order valence-electron chi connectivity index (χ2n) is 6.42. The van der Waals surface area contributed by atoms with Gasteiger partial charge in [-0.25, -0.2) is 4.68 Å². The topological polar surface area (TPSA) is 84.1 Å². The van der Waals surface area contributed by atoms with Crippen LogP contribution in [-0.2, 0) is 17.9 Å². The monoisotopic (exact) mass is 295 g/mol. The van der Waals surface area contributed by atoms with Gasteiger partial charge in [-0.3, -0.25) is 9.69 Å². The van der Waals surface area contributed by atoms with Gasteiger partial charge in [0.1, 0.15) is 0 Å². The van der Waals surface area contributed by atoms with E-state index in [9.17, 15) is 9.90 Å². The van der Waals surface area contributed by atoms with E-state index in [0.29, 0.717) is 6.54 Å². The summed E-state index contributed by atoms with van der Waals surface area (Å²) >= 11 is 0. The zero-order valence-corrected chi connectivity index (χ0v) is 13.1. The Bertz CT molecular complexity index is 485. The van der Waals surface area contributed by atoms with Crippen LogP contribution in [0.1, 0.15) is 45.9 Å². The van der Waals surface area contributed by atoms with Gasteiger partial charge in [0, 0.05) is 13.1 Å². The minimum Gasteiger partial charge on any atom is -0.481 e. The highest BCUT2D eigenvalue weighted by molar-refractivity contribution is 5.74. The molecule has 1 aliphatic rings. The summed E-state index contributed by atoms with van der Waals surface area (Å²) in [4.78, 5) is 13.7. The predicted molar refractivity (Wildman–Crippen MR) is 77.5 cm³/mol. The van der Waals surface area contributed by atoms with Crippen LogP contribution >= 0.6 is 0 Å². The molecule has 1 aromatic heterocycles. The van der Waals surface area contributed by atoms with E-state index in [2.05, 4.69) is 27.3 Å². The van der Waals surface area contributed by atoms with E-state index < -0.39 is 11.4 Å². The van der Waals surface area contributed by atoms with Crippen molar-refractivity contribution in [3.63, 3.8) is 0 Å². The van der Waals surface area contributed by atoms with Crippen molar-refractivity contribution in [1.29, 1.82) is 0 Å².